The summed E-state index contributed by atoms with van der Waals surface area (Å²) in [5, 5.41) is 1.92. The number of imidazole rings is 1. The third-order valence-corrected chi connectivity index (χ3v) is 4.50. The van der Waals surface area contributed by atoms with E-state index in [1.807, 2.05) is 29.7 Å². The standard InChI is InChI=1S/C15H19NO.C5H5N5/c1-5-13-9-12-8-6-7-11(4)14(12)15(17)16(13)10(2)3;6-4-3-5(9-1-7-3)10-2-8-4/h6-10H,5H2,1-4H3;1-2H,(H3,6,7,8,9,10). The SMILES string of the molecule is CCc1cc2cccc(C)c2c(=O)n1C(C)C.Nc1ncnc2nc[nH]c12. The van der Waals surface area contributed by atoms with Gasteiger partial charge in [-0.2, -0.15) is 0 Å². The van der Waals surface area contributed by atoms with Gasteiger partial charge in [0.1, 0.15) is 11.8 Å². The molecule has 0 aliphatic rings. The van der Waals surface area contributed by atoms with Crippen molar-refractivity contribution < 1.29 is 0 Å². The number of aryl methyl sites for hydroxylation is 2. The van der Waals surface area contributed by atoms with Crippen LogP contribution in [0.25, 0.3) is 21.9 Å². The van der Waals surface area contributed by atoms with Crippen LogP contribution in [0.3, 0.4) is 0 Å². The minimum absolute atomic E-state index is 0.146. The van der Waals surface area contributed by atoms with Crippen LogP contribution in [0.15, 0.2) is 41.7 Å². The largest absolute Gasteiger partial charge is 0.382 e. The van der Waals surface area contributed by atoms with E-state index in [2.05, 4.69) is 46.8 Å². The van der Waals surface area contributed by atoms with Gasteiger partial charge in [-0.15, -0.1) is 0 Å². The molecule has 0 radical (unpaired) electrons. The highest BCUT2D eigenvalue weighted by Crippen LogP contribution is 2.18. The summed E-state index contributed by atoms with van der Waals surface area (Å²) in [6.45, 7) is 8.21. The number of H-pyrrole nitrogens is 1. The third-order valence-electron chi connectivity index (χ3n) is 4.50. The van der Waals surface area contributed by atoms with Crippen molar-refractivity contribution in [2.24, 2.45) is 0 Å². The molecular formula is C20H24N6O. The second-order valence-corrected chi connectivity index (χ2v) is 6.66. The monoisotopic (exact) mass is 364 g/mol. The average Bonchev–Trinajstić information content (AvgIpc) is 3.11. The highest BCUT2D eigenvalue weighted by molar-refractivity contribution is 5.85. The van der Waals surface area contributed by atoms with Crippen molar-refractivity contribution in [3.8, 4) is 0 Å². The number of fused-ring (bicyclic) bond motifs is 2. The number of hydrogen-bond acceptors (Lipinski definition) is 5. The molecule has 3 N–H and O–H groups in total. The first-order valence-electron chi connectivity index (χ1n) is 8.97. The minimum atomic E-state index is 0.146. The molecule has 0 bridgehead atoms. The number of nitrogen functional groups attached to an aromatic ring is 1. The van der Waals surface area contributed by atoms with Gasteiger partial charge in [-0.05, 0) is 44.2 Å². The van der Waals surface area contributed by atoms with Gasteiger partial charge in [-0.1, -0.05) is 25.1 Å². The first-order valence-corrected chi connectivity index (χ1v) is 8.97. The lowest BCUT2D eigenvalue weighted by Gasteiger charge is -2.17. The van der Waals surface area contributed by atoms with Crippen molar-refractivity contribution >= 4 is 27.8 Å². The Balaban J connectivity index is 0.000000177. The molecule has 0 saturated carbocycles. The van der Waals surface area contributed by atoms with Crippen LogP contribution >= 0.6 is 0 Å². The fraction of sp³-hybridized carbons (Fsp3) is 0.300. The van der Waals surface area contributed by atoms with Crippen molar-refractivity contribution in [1.82, 2.24) is 24.5 Å². The molecule has 1 aromatic carbocycles. The lowest BCUT2D eigenvalue weighted by molar-refractivity contribution is 0.557. The van der Waals surface area contributed by atoms with Crippen LogP contribution in [0.4, 0.5) is 5.82 Å². The van der Waals surface area contributed by atoms with Crippen LogP contribution in [0.5, 0.6) is 0 Å². The minimum Gasteiger partial charge on any atom is -0.382 e. The Kier molecular flexibility index (Phi) is 5.21. The summed E-state index contributed by atoms with van der Waals surface area (Å²) in [4.78, 5) is 26.9. The molecule has 4 rings (SSSR count). The molecular weight excluding hydrogens is 340 g/mol. The van der Waals surface area contributed by atoms with Gasteiger partial charge >= 0.3 is 0 Å². The summed E-state index contributed by atoms with van der Waals surface area (Å²) in [6, 6.07) is 8.38. The fourth-order valence-corrected chi connectivity index (χ4v) is 3.23. The molecule has 0 fully saturated rings. The number of hydrogen-bond donors (Lipinski definition) is 2. The normalized spacial score (nSPS) is 11.0. The lowest BCUT2D eigenvalue weighted by atomic mass is 10.1. The summed E-state index contributed by atoms with van der Waals surface area (Å²) in [5.74, 6) is 0.433. The first-order chi connectivity index (χ1) is 12.9. The van der Waals surface area contributed by atoms with E-state index in [0.717, 1.165) is 28.5 Å². The molecule has 140 valence electrons. The molecule has 0 saturated heterocycles. The number of nitrogens with zero attached hydrogens (tertiary/aromatic N) is 4. The molecule has 0 spiro atoms. The maximum absolute atomic E-state index is 12.5. The molecule has 7 nitrogen and oxygen atoms in total. The van der Waals surface area contributed by atoms with E-state index in [1.165, 1.54) is 12.7 Å². The highest BCUT2D eigenvalue weighted by Gasteiger charge is 2.11. The first kappa shape index (κ1) is 18.6. The summed E-state index contributed by atoms with van der Waals surface area (Å²) in [7, 11) is 0. The summed E-state index contributed by atoms with van der Waals surface area (Å²) < 4.78 is 1.91. The average molecular weight is 364 g/mol. The number of aromatic nitrogens is 5. The van der Waals surface area contributed by atoms with E-state index in [0.29, 0.717) is 17.0 Å². The predicted octanol–water partition coefficient (Wildman–Crippen LogP) is 3.39. The Hall–Kier alpha value is -3.22. The quantitative estimate of drug-likeness (QED) is 0.567. The number of aromatic amines is 1. The molecule has 0 amide bonds. The van der Waals surface area contributed by atoms with E-state index in [9.17, 15) is 4.79 Å². The van der Waals surface area contributed by atoms with Crippen LogP contribution in [-0.4, -0.2) is 24.5 Å². The molecule has 0 atom stereocenters. The summed E-state index contributed by atoms with van der Waals surface area (Å²) in [6.07, 6.45) is 3.81. The Morgan fingerprint density at radius 2 is 2.00 bits per heavy atom. The number of rotatable bonds is 2. The molecule has 7 heteroatoms. The number of anilines is 1. The van der Waals surface area contributed by atoms with Crippen molar-refractivity contribution in [3.05, 3.63) is 58.5 Å². The molecule has 0 aliphatic carbocycles. The van der Waals surface area contributed by atoms with Gasteiger partial charge in [0.2, 0.25) is 0 Å². The van der Waals surface area contributed by atoms with E-state index in [4.69, 9.17) is 5.73 Å². The van der Waals surface area contributed by atoms with Crippen molar-refractivity contribution in [3.63, 3.8) is 0 Å². The van der Waals surface area contributed by atoms with Gasteiger partial charge in [0, 0.05) is 11.7 Å². The van der Waals surface area contributed by atoms with E-state index >= 15 is 0 Å². The lowest BCUT2D eigenvalue weighted by Crippen LogP contribution is -2.25. The zero-order valence-corrected chi connectivity index (χ0v) is 16.0. The van der Waals surface area contributed by atoms with Crippen LogP contribution < -0.4 is 11.3 Å². The molecule has 27 heavy (non-hydrogen) atoms. The van der Waals surface area contributed by atoms with Crippen LogP contribution in [-0.2, 0) is 6.42 Å². The molecule has 3 heterocycles. The maximum atomic E-state index is 12.5. The fourth-order valence-electron chi connectivity index (χ4n) is 3.23. The van der Waals surface area contributed by atoms with Crippen LogP contribution in [0.1, 0.15) is 38.1 Å². The third kappa shape index (κ3) is 3.53. The number of benzene rings is 1. The van der Waals surface area contributed by atoms with Crippen molar-refractivity contribution in [1.29, 1.82) is 0 Å². The zero-order chi connectivity index (χ0) is 19.6. The molecule has 0 aliphatic heterocycles. The number of pyridine rings is 1. The summed E-state index contributed by atoms with van der Waals surface area (Å²) >= 11 is 0. The van der Waals surface area contributed by atoms with E-state index in [-0.39, 0.29) is 11.6 Å². The van der Waals surface area contributed by atoms with Crippen molar-refractivity contribution in [2.75, 3.05) is 5.73 Å². The number of nitrogens with two attached hydrogens (primary N) is 1. The topological polar surface area (TPSA) is 102 Å². The Bertz CT molecular complexity index is 1140. The smallest absolute Gasteiger partial charge is 0.259 e. The second-order valence-electron chi connectivity index (χ2n) is 6.66. The summed E-state index contributed by atoms with van der Waals surface area (Å²) in [5.41, 5.74) is 9.10. The van der Waals surface area contributed by atoms with Gasteiger partial charge in [0.05, 0.1) is 11.7 Å². The predicted molar refractivity (Wildman–Crippen MR) is 109 cm³/mol. The maximum Gasteiger partial charge on any atom is 0.259 e. The Morgan fingerprint density at radius 3 is 2.67 bits per heavy atom. The second kappa shape index (κ2) is 7.57. The highest BCUT2D eigenvalue weighted by atomic mass is 16.1. The van der Waals surface area contributed by atoms with E-state index < -0.39 is 0 Å². The van der Waals surface area contributed by atoms with Gasteiger partial charge in [-0.3, -0.25) is 4.79 Å². The molecule has 4 aromatic rings. The van der Waals surface area contributed by atoms with Gasteiger partial charge in [-0.25, -0.2) is 15.0 Å². The van der Waals surface area contributed by atoms with Gasteiger partial charge in [0.15, 0.2) is 11.5 Å². The zero-order valence-electron chi connectivity index (χ0n) is 16.0. The van der Waals surface area contributed by atoms with Crippen molar-refractivity contribution in [2.45, 2.75) is 40.2 Å². The molecule has 0 unspecified atom stereocenters. The number of nitrogens with one attached hydrogen (secondary N) is 1. The van der Waals surface area contributed by atoms with Gasteiger partial charge < -0.3 is 15.3 Å². The van der Waals surface area contributed by atoms with Gasteiger partial charge in [0.25, 0.3) is 5.56 Å². The Labute approximate surface area is 157 Å². The van der Waals surface area contributed by atoms with Crippen LogP contribution in [0.2, 0.25) is 0 Å². The van der Waals surface area contributed by atoms with E-state index in [1.54, 1.807) is 0 Å². The van der Waals surface area contributed by atoms with Crippen LogP contribution in [0, 0.1) is 6.92 Å². The molecule has 3 aromatic heterocycles. The Morgan fingerprint density at radius 1 is 1.22 bits per heavy atom.